The molecule has 1 saturated carbocycles. The Hall–Kier alpha value is -2.08. The number of rotatable bonds is 3. The molecule has 0 heterocycles. The summed E-state index contributed by atoms with van der Waals surface area (Å²) in [4.78, 5) is 0. The van der Waals surface area contributed by atoms with Crippen LogP contribution in [-0.2, 0) is 10.3 Å². The van der Waals surface area contributed by atoms with Crippen LogP contribution >= 0.6 is 0 Å². The lowest BCUT2D eigenvalue weighted by Crippen LogP contribution is -2.53. The van der Waals surface area contributed by atoms with Crippen LogP contribution in [0.2, 0.25) is 0 Å². The molecule has 0 aliphatic heterocycles. The smallest absolute Gasteiger partial charge is 0.182 e. The third-order valence-corrected chi connectivity index (χ3v) is 4.98. The van der Waals surface area contributed by atoms with E-state index in [4.69, 9.17) is 4.74 Å². The molecule has 1 aliphatic rings. The second kappa shape index (κ2) is 7.21. The van der Waals surface area contributed by atoms with Gasteiger partial charge in [0.25, 0.3) is 0 Å². The standard InChI is InChI=1S/C22H24O2/c1-24-22(20-13-7-3-8-14-20,21(23)16-9-4-10-17-21)18-15-19-11-5-2-6-12-19/h2-3,5-8,11-14,23H,4,9-10,16-17H2,1H3. The van der Waals surface area contributed by atoms with Crippen molar-refractivity contribution in [2.75, 3.05) is 7.11 Å². The summed E-state index contributed by atoms with van der Waals surface area (Å²) in [5, 5.41) is 11.5. The maximum absolute atomic E-state index is 11.5. The van der Waals surface area contributed by atoms with Gasteiger partial charge in [0.05, 0.1) is 0 Å². The van der Waals surface area contributed by atoms with Crippen LogP contribution in [0.4, 0.5) is 0 Å². The molecule has 0 radical (unpaired) electrons. The molecule has 2 nitrogen and oxygen atoms in total. The average molecular weight is 320 g/mol. The van der Waals surface area contributed by atoms with E-state index >= 15 is 0 Å². The van der Waals surface area contributed by atoms with Gasteiger partial charge in [0.2, 0.25) is 0 Å². The molecule has 3 rings (SSSR count). The van der Waals surface area contributed by atoms with Crippen LogP contribution in [0.1, 0.15) is 43.2 Å². The first-order valence-electron chi connectivity index (χ1n) is 8.61. The van der Waals surface area contributed by atoms with Gasteiger partial charge < -0.3 is 9.84 Å². The van der Waals surface area contributed by atoms with E-state index in [9.17, 15) is 5.11 Å². The van der Waals surface area contributed by atoms with Crippen molar-refractivity contribution in [1.29, 1.82) is 0 Å². The highest BCUT2D eigenvalue weighted by Gasteiger charge is 2.51. The summed E-state index contributed by atoms with van der Waals surface area (Å²) in [5.74, 6) is 6.53. The van der Waals surface area contributed by atoms with E-state index in [1.54, 1.807) is 7.11 Å². The van der Waals surface area contributed by atoms with E-state index in [1.165, 1.54) is 0 Å². The van der Waals surface area contributed by atoms with Crippen molar-refractivity contribution in [3.05, 3.63) is 71.8 Å². The SMILES string of the molecule is COC(C#Cc1ccccc1)(c1ccccc1)C1(O)CCCCC1. The summed E-state index contributed by atoms with van der Waals surface area (Å²) in [7, 11) is 1.65. The summed E-state index contributed by atoms with van der Waals surface area (Å²) in [5.41, 5.74) is -0.136. The monoisotopic (exact) mass is 320 g/mol. The zero-order valence-corrected chi connectivity index (χ0v) is 14.2. The van der Waals surface area contributed by atoms with Crippen molar-refractivity contribution < 1.29 is 9.84 Å². The number of hydrogen-bond acceptors (Lipinski definition) is 2. The molecular weight excluding hydrogens is 296 g/mol. The molecule has 2 heteroatoms. The summed E-state index contributed by atoms with van der Waals surface area (Å²) in [6.45, 7) is 0. The van der Waals surface area contributed by atoms with Crippen molar-refractivity contribution in [1.82, 2.24) is 0 Å². The molecule has 1 unspecified atom stereocenters. The minimum absolute atomic E-state index is 0.708. The van der Waals surface area contributed by atoms with E-state index in [1.807, 2.05) is 60.7 Å². The van der Waals surface area contributed by atoms with E-state index in [0.29, 0.717) is 12.8 Å². The van der Waals surface area contributed by atoms with Crippen LogP contribution in [0, 0.1) is 11.8 Å². The van der Waals surface area contributed by atoms with Crippen molar-refractivity contribution in [2.45, 2.75) is 43.3 Å². The number of ether oxygens (including phenoxy) is 1. The summed E-state index contributed by atoms with van der Waals surface area (Å²) in [6.07, 6.45) is 4.57. The lowest BCUT2D eigenvalue weighted by Gasteiger charge is -2.45. The highest BCUT2D eigenvalue weighted by Crippen LogP contribution is 2.45. The molecular formula is C22H24O2. The predicted molar refractivity (Wildman–Crippen MR) is 96.5 cm³/mol. The number of aliphatic hydroxyl groups is 1. The van der Waals surface area contributed by atoms with Gasteiger partial charge in [0, 0.05) is 12.7 Å². The number of hydrogen-bond donors (Lipinski definition) is 1. The molecule has 1 N–H and O–H groups in total. The van der Waals surface area contributed by atoms with Gasteiger partial charge in [-0.05, 0) is 30.5 Å². The topological polar surface area (TPSA) is 29.5 Å². The van der Waals surface area contributed by atoms with Gasteiger partial charge in [0.15, 0.2) is 5.60 Å². The third kappa shape index (κ3) is 3.11. The minimum atomic E-state index is -1.01. The fourth-order valence-electron chi connectivity index (χ4n) is 3.66. The predicted octanol–water partition coefficient (Wildman–Crippen LogP) is 4.28. The minimum Gasteiger partial charge on any atom is -0.385 e. The quantitative estimate of drug-likeness (QED) is 0.856. The Balaban J connectivity index is 2.11. The normalized spacial score (nSPS) is 18.9. The Labute approximate surface area is 144 Å². The summed E-state index contributed by atoms with van der Waals surface area (Å²) >= 11 is 0. The Morgan fingerprint density at radius 1 is 0.917 bits per heavy atom. The highest BCUT2D eigenvalue weighted by atomic mass is 16.5. The Morgan fingerprint density at radius 2 is 1.50 bits per heavy atom. The van der Waals surface area contributed by atoms with Crippen molar-refractivity contribution in [3.63, 3.8) is 0 Å². The van der Waals surface area contributed by atoms with E-state index in [0.717, 1.165) is 30.4 Å². The van der Waals surface area contributed by atoms with Crippen LogP contribution < -0.4 is 0 Å². The largest absolute Gasteiger partial charge is 0.385 e. The highest BCUT2D eigenvalue weighted by molar-refractivity contribution is 5.43. The molecule has 1 aliphatic carbocycles. The van der Waals surface area contributed by atoms with Crippen LogP contribution in [0.25, 0.3) is 0 Å². The first-order valence-corrected chi connectivity index (χ1v) is 8.61. The first kappa shape index (κ1) is 16.8. The van der Waals surface area contributed by atoms with Crippen LogP contribution in [0.5, 0.6) is 0 Å². The molecule has 24 heavy (non-hydrogen) atoms. The molecule has 0 bridgehead atoms. The van der Waals surface area contributed by atoms with Crippen LogP contribution in [-0.4, -0.2) is 17.8 Å². The van der Waals surface area contributed by atoms with Crippen molar-refractivity contribution >= 4 is 0 Å². The fraction of sp³-hybridized carbons (Fsp3) is 0.364. The van der Waals surface area contributed by atoms with Crippen molar-refractivity contribution in [2.24, 2.45) is 0 Å². The van der Waals surface area contributed by atoms with E-state index in [2.05, 4.69) is 11.8 Å². The molecule has 0 spiro atoms. The maximum Gasteiger partial charge on any atom is 0.182 e. The average Bonchev–Trinajstić information content (AvgIpc) is 2.65. The van der Waals surface area contributed by atoms with E-state index < -0.39 is 11.2 Å². The second-order valence-corrected chi connectivity index (χ2v) is 6.46. The first-order chi connectivity index (χ1) is 11.7. The van der Waals surface area contributed by atoms with E-state index in [-0.39, 0.29) is 0 Å². The van der Waals surface area contributed by atoms with Gasteiger partial charge in [0.1, 0.15) is 5.60 Å². The fourth-order valence-corrected chi connectivity index (χ4v) is 3.66. The Kier molecular flexibility index (Phi) is 5.04. The van der Waals surface area contributed by atoms with Gasteiger partial charge in [-0.15, -0.1) is 0 Å². The van der Waals surface area contributed by atoms with Gasteiger partial charge in [-0.25, -0.2) is 0 Å². The molecule has 1 atom stereocenters. The van der Waals surface area contributed by atoms with Crippen LogP contribution in [0.15, 0.2) is 60.7 Å². The van der Waals surface area contributed by atoms with Crippen LogP contribution in [0.3, 0.4) is 0 Å². The van der Waals surface area contributed by atoms with Gasteiger partial charge in [-0.3, -0.25) is 0 Å². The van der Waals surface area contributed by atoms with Gasteiger partial charge in [-0.2, -0.15) is 0 Å². The Morgan fingerprint density at radius 3 is 2.08 bits per heavy atom. The molecule has 0 aromatic heterocycles. The molecule has 2 aromatic carbocycles. The molecule has 0 amide bonds. The number of methoxy groups -OCH3 is 1. The zero-order chi connectivity index (χ0) is 16.9. The lowest BCUT2D eigenvalue weighted by atomic mass is 9.69. The summed E-state index contributed by atoms with van der Waals surface area (Å²) < 4.78 is 5.96. The maximum atomic E-state index is 11.5. The zero-order valence-electron chi connectivity index (χ0n) is 14.2. The van der Waals surface area contributed by atoms with Gasteiger partial charge in [-0.1, -0.05) is 79.6 Å². The molecule has 0 saturated heterocycles. The van der Waals surface area contributed by atoms with Crippen molar-refractivity contribution in [3.8, 4) is 11.8 Å². The molecule has 2 aromatic rings. The molecule has 124 valence electrons. The molecule has 1 fully saturated rings. The van der Waals surface area contributed by atoms with Gasteiger partial charge >= 0.3 is 0 Å². The Bertz CT molecular complexity index is 706. The summed E-state index contributed by atoms with van der Waals surface area (Å²) in [6, 6.07) is 19.8. The number of benzene rings is 2. The lowest BCUT2D eigenvalue weighted by molar-refractivity contribution is -0.158. The third-order valence-electron chi connectivity index (χ3n) is 4.98. The second-order valence-electron chi connectivity index (χ2n) is 6.46.